The van der Waals surface area contributed by atoms with Crippen molar-refractivity contribution in [3.05, 3.63) is 59.4 Å². The van der Waals surface area contributed by atoms with Gasteiger partial charge in [-0.25, -0.2) is 9.78 Å². The second-order valence-electron chi connectivity index (χ2n) is 5.86. The molecule has 7 heteroatoms. The van der Waals surface area contributed by atoms with Crippen LogP contribution in [-0.2, 0) is 4.74 Å². The van der Waals surface area contributed by atoms with Gasteiger partial charge >= 0.3 is 5.97 Å². The minimum Gasteiger partial charge on any atom is -0.496 e. The van der Waals surface area contributed by atoms with E-state index in [1.54, 1.807) is 7.11 Å². The van der Waals surface area contributed by atoms with Gasteiger partial charge in [0.25, 0.3) is 5.91 Å². The number of carbonyl (C=O) groups excluding carboxylic acids is 1. The van der Waals surface area contributed by atoms with Gasteiger partial charge in [-0.05, 0) is 32.0 Å². The van der Waals surface area contributed by atoms with Crippen LogP contribution in [0.3, 0.4) is 0 Å². The van der Waals surface area contributed by atoms with E-state index in [2.05, 4.69) is 10.3 Å². The zero-order chi connectivity index (χ0) is 19.1. The number of para-hydroxylation sites is 1. The zero-order valence-corrected chi connectivity index (χ0v) is 14.9. The molecule has 7 nitrogen and oxygen atoms in total. The van der Waals surface area contributed by atoms with E-state index >= 15 is 0 Å². The molecule has 2 rings (SSSR count). The minimum absolute atomic E-state index is 0.0432. The average Bonchev–Trinajstić information content (AvgIpc) is 2.64. The number of nitrogens with zero attached hydrogens (tertiary/aromatic N) is 1. The highest BCUT2D eigenvalue weighted by Gasteiger charge is 2.19. The van der Waals surface area contributed by atoms with E-state index in [9.17, 15) is 9.59 Å². The monoisotopic (exact) mass is 358 g/mol. The highest BCUT2D eigenvalue weighted by molar-refractivity contribution is 5.94. The van der Waals surface area contributed by atoms with Gasteiger partial charge in [0.2, 0.25) is 0 Å². The molecule has 1 unspecified atom stereocenters. The molecule has 2 N–H and O–H groups in total. The van der Waals surface area contributed by atoms with Gasteiger partial charge in [-0.1, -0.05) is 18.2 Å². The topological polar surface area (TPSA) is 97.8 Å². The summed E-state index contributed by atoms with van der Waals surface area (Å²) in [6.07, 6.45) is 0.805. The smallest absolute Gasteiger partial charge is 0.354 e. The Bertz CT molecular complexity index is 759. The largest absolute Gasteiger partial charge is 0.496 e. The molecule has 138 valence electrons. The van der Waals surface area contributed by atoms with E-state index < -0.39 is 5.97 Å². The van der Waals surface area contributed by atoms with Crippen molar-refractivity contribution in [3.8, 4) is 5.75 Å². The number of ether oxygens (including phenoxy) is 2. The molecule has 0 radical (unpaired) electrons. The van der Waals surface area contributed by atoms with Gasteiger partial charge < -0.3 is 19.9 Å². The summed E-state index contributed by atoms with van der Waals surface area (Å²) >= 11 is 0. The highest BCUT2D eigenvalue weighted by atomic mass is 16.5. The number of carbonyl (C=O) groups is 2. The second-order valence-corrected chi connectivity index (χ2v) is 5.86. The van der Waals surface area contributed by atoms with Crippen molar-refractivity contribution in [2.45, 2.75) is 26.1 Å². The van der Waals surface area contributed by atoms with Crippen molar-refractivity contribution < 1.29 is 24.2 Å². The van der Waals surface area contributed by atoms with Crippen molar-refractivity contribution in [2.24, 2.45) is 0 Å². The fraction of sp³-hybridized carbons (Fsp3) is 0.316. The van der Waals surface area contributed by atoms with Gasteiger partial charge in [-0.3, -0.25) is 4.79 Å². The van der Waals surface area contributed by atoms with E-state index in [0.717, 1.165) is 5.56 Å². The van der Waals surface area contributed by atoms with Crippen LogP contribution in [0.15, 0.2) is 42.6 Å². The molecule has 0 saturated heterocycles. The molecule has 0 aliphatic rings. The maximum Gasteiger partial charge on any atom is 0.354 e. The van der Waals surface area contributed by atoms with Gasteiger partial charge in [-0.15, -0.1) is 0 Å². The third-order valence-electron chi connectivity index (χ3n) is 3.62. The van der Waals surface area contributed by atoms with E-state index in [4.69, 9.17) is 14.6 Å². The average molecular weight is 358 g/mol. The summed E-state index contributed by atoms with van der Waals surface area (Å²) in [6.45, 7) is 4.07. The Labute approximate surface area is 152 Å². The molecule has 0 spiro atoms. The van der Waals surface area contributed by atoms with Crippen LogP contribution < -0.4 is 10.1 Å². The molecule has 1 aromatic heterocycles. The SMILES string of the molecule is COc1ccccc1C(CNC(=O)c1ccc(C(=O)O)nc1)OC(C)C. The van der Waals surface area contributed by atoms with Crippen LogP contribution in [0.1, 0.15) is 46.4 Å². The van der Waals surface area contributed by atoms with Crippen molar-refractivity contribution in [1.29, 1.82) is 0 Å². The molecular formula is C19H22N2O5. The second kappa shape index (κ2) is 8.96. The molecule has 0 aliphatic carbocycles. The third kappa shape index (κ3) is 5.03. The Hall–Kier alpha value is -2.93. The van der Waals surface area contributed by atoms with Crippen molar-refractivity contribution >= 4 is 11.9 Å². The Morgan fingerprint density at radius 3 is 2.50 bits per heavy atom. The summed E-state index contributed by atoms with van der Waals surface area (Å²) < 4.78 is 11.3. The molecular weight excluding hydrogens is 336 g/mol. The number of amides is 1. The lowest BCUT2D eigenvalue weighted by molar-refractivity contribution is 0.00611. The number of aromatic carboxylic acids is 1. The first-order chi connectivity index (χ1) is 12.4. The maximum absolute atomic E-state index is 12.3. The van der Waals surface area contributed by atoms with Crippen LogP contribution >= 0.6 is 0 Å². The number of nitrogens with one attached hydrogen (secondary N) is 1. The Balaban J connectivity index is 2.11. The Morgan fingerprint density at radius 1 is 1.19 bits per heavy atom. The number of methoxy groups -OCH3 is 1. The Kier molecular flexibility index (Phi) is 6.68. The number of benzene rings is 1. The lowest BCUT2D eigenvalue weighted by Gasteiger charge is -2.23. The molecule has 26 heavy (non-hydrogen) atoms. The minimum atomic E-state index is -1.14. The number of hydrogen-bond donors (Lipinski definition) is 2. The molecule has 0 aliphatic heterocycles. The molecule has 1 heterocycles. The molecule has 1 aromatic carbocycles. The first-order valence-corrected chi connectivity index (χ1v) is 8.18. The van der Waals surface area contributed by atoms with Crippen molar-refractivity contribution in [1.82, 2.24) is 10.3 Å². The zero-order valence-electron chi connectivity index (χ0n) is 14.9. The van der Waals surface area contributed by atoms with E-state index in [0.29, 0.717) is 5.75 Å². The molecule has 1 atom stereocenters. The van der Waals surface area contributed by atoms with Crippen molar-refractivity contribution in [3.63, 3.8) is 0 Å². The molecule has 0 bridgehead atoms. The third-order valence-corrected chi connectivity index (χ3v) is 3.62. The molecule has 1 amide bonds. The number of pyridine rings is 1. The fourth-order valence-corrected chi connectivity index (χ4v) is 2.43. The number of hydrogen-bond acceptors (Lipinski definition) is 5. The predicted molar refractivity (Wildman–Crippen MR) is 95.5 cm³/mol. The highest BCUT2D eigenvalue weighted by Crippen LogP contribution is 2.28. The molecule has 0 saturated carbocycles. The van der Waals surface area contributed by atoms with E-state index in [1.165, 1.54) is 18.3 Å². The summed E-state index contributed by atoms with van der Waals surface area (Å²) in [4.78, 5) is 26.9. The first kappa shape index (κ1) is 19.4. The Morgan fingerprint density at radius 2 is 1.92 bits per heavy atom. The fourth-order valence-electron chi connectivity index (χ4n) is 2.43. The van der Waals surface area contributed by atoms with Gasteiger partial charge in [0.05, 0.1) is 18.8 Å². The van der Waals surface area contributed by atoms with Gasteiger partial charge in [0.1, 0.15) is 17.5 Å². The standard InChI is InChI=1S/C19H22N2O5/c1-12(2)26-17(14-6-4-5-7-16(14)25-3)11-21-18(22)13-8-9-15(19(23)24)20-10-13/h4-10,12,17H,11H2,1-3H3,(H,21,22)(H,23,24). The van der Waals surface area contributed by atoms with Crippen LogP contribution in [0.25, 0.3) is 0 Å². The number of carboxylic acids is 1. The normalized spacial score (nSPS) is 11.8. The quantitative estimate of drug-likeness (QED) is 0.753. The van der Waals surface area contributed by atoms with Crippen molar-refractivity contribution in [2.75, 3.05) is 13.7 Å². The van der Waals surface area contributed by atoms with E-state index in [-0.39, 0.29) is 35.9 Å². The van der Waals surface area contributed by atoms with Crippen LogP contribution in [0, 0.1) is 0 Å². The first-order valence-electron chi connectivity index (χ1n) is 8.18. The number of rotatable bonds is 8. The number of carboxylic acid groups (broad SMARTS) is 1. The van der Waals surface area contributed by atoms with Gasteiger partial charge in [0.15, 0.2) is 0 Å². The van der Waals surface area contributed by atoms with Gasteiger partial charge in [-0.2, -0.15) is 0 Å². The lowest BCUT2D eigenvalue weighted by Crippen LogP contribution is -2.31. The molecule has 2 aromatic rings. The van der Waals surface area contributed by atoms with Crippen LogP contribution in [-0.4, -0.2) is 41.7 Å². The number of aromatic nitrogens is 1. The van der Waals surface area contributed by atoms with Crippen LogP contribution in [0.2, 0.25) is 0 Å². The summed E-state index contributed by atoms with van der Waals surface area (Å²) in [6, 6.07) is 10.2. The summed E-state index contributed by atoms with van der Waals surface area (Å²) in [5.41, 5.74) is 0.998. The summed E-state index contributed by atoms with van der Waals surface area (Å²) in [5.74, 6) is -0.819. The van der Waals surface area contributed by atoms with Crippen LogP contribution in [0.5, 0.6) is 5.75 Å². The van der Waals surface area contributed by atoms with Crippen LogP contribution in [0.4, 0.5) is 0 Å². The summed E-state index contributed by atoms with van der Waals surface area (Å²) in [7, 11) is 1.58. The summed E-state index contributed by atoms with van der Waals surface area (Å²) in [5, 5.41) is 11.7. The maximum atomic E-state index is 12.3. The van der Waals surface area contributed by atoms with Gasteiger partial charge in [0, 0.05) is 18.3 Å². The van der Waals surface area contributed by atoms with E-state index in [1.807, 2.05) is 38.1 Å². The molecule has 0 fully saturated rings. The predicted octanol–water partition coefficient (Wildman–Crippen LogP) is 2.68. The lowest BCUT2D eigenvalue weighted by atomic mass is 10.1.